The quantitative estimate of drug-likeness (QED) is 0.486. The van der Waals surface area contributed by atoms with Gasteiger partial charge in [-0.1, -0.05) is 6.07 Å². The maximum Gasteiger partial charge on any atom is 0.319 e. The second kappa shape index (κ2) is 10.8. The van der Waals surface area contributed by atoms with Gasteiger partial charge in [-0.05, 0) is 42.5 Å². The molecule has 31 heavy (non-hydrogen) atoms. The molecule has 1 aromatic heterocycles. The van der Waals surface area contributed by atoms with Crippen molar-refractivity contribution in [3.8, 4) is 17.2 Å². The highest BCUT2D eigenvalue weighted by Gasteiger charge is 2.08. The van der Waals surface area contributed by atoms with Gasteiger partial charge in [-0.2, -0.15) is 0 Å². The second-order valence-corrected chi connectivity index (χ2v) is 6.57. The van der Waals surface area contributed by atoms with E-state index in [1.54, 1.807) is 37.6 Å². The molecule has 3 N–H and O–H groups in total. The zero-order valence-corrected chi connectivity index (χ0v) is 17.3. The lowest BCUT2D eigenvalue weighted by Crippen LogP contribution is -2.30. The Kier molecular flexibility index (Phi) is 7.61. The van der Waals surface area contributed by atoms with Crippen LogP contribution in [0.3, 0.4) is 0 Å². The molecule has 0 spiro atoms. The molecule has 0 aliphatic rings. The van der Waals surface area contributed by atoms with Crippen LogP contribution in [-0.2, 0) is 16.0 Å². The summed E-state index contributed by atoms with van der Waals surface area (Å²) in [5.74, 6) is 0.994. The van der Waals surface area contributed by atoms with E-state index in [1.807, 2.05) is 24.3 Å². The van der Waals surface area contributed by atoms with Crippen molar-refractivity contribution in [2.45, 2.75) is 6.42 Å². The highest BCUT2D eigenvalue weighted by molar-refractivity contribution is 5.94. The summed E-state index contributed by atoms with van der Waals surface area (Å²) in [6, 6.07) is 13.9. The SMILES string of the molecule is COCC(=O)Nc1cccc(NC(=O)NCCc2coc(-c3ccc(OC)cc3)n2)c1. The number of amides is 3. The van der Waals surface area contributed by atoms with Crippen molar-refractivity contribution in [3.05, 3.63) is 60.5 Å². The summed E-state index contributed by atoms with van der Waals surface area (Å²) in [5.41, 5.74) is 2.69. The normalized spacial score (nSPS) is 10.4. The molecule has 9 heteroatoms. The van der Waals surface area contributed by atoms with E-state index in [0.29, 0.717) is 30.2 Å². The van der Waals surface area contributed by atoms with Crippen molar-refractivity contribution in [1.29, 1.82) is 0 Å². The van der Waals surface area contributed by atoms with Crippen molar-refractivity contribution in [2.75, 3.05) is 38.0 Å². The summed E-state index contributed by atoms with van der Waals surface area (Å²) in [7, 11) is 3.06. The first kappa shape index (κ1) is 21.8. The number of rotatable bonds is 9. The molecule has 0 fully saturated rings. The van der Waals surface area contributed by atoms with Crippen molar-refractivity contribution in [3.63, 3.8) is 0 Å². The van der Waals surface area contributed by atoms with Gasteiger partial charge in [0.1, 0.15) is 18.6 Å². The van der Waals surface area contributed by atoms with Gasteiger partial charge in [-0.3, -0.25) is 4.79 Å². The van der Waals surface area contributed by atoms with Gasteiger partial charge < -0.3 is 29.8 Å². The lowest BCUT2D eigenvalue weighted by atomic mass is 10.2. The average molecular weight is 424 g/mol. The Bertz CT molecular complexity index is 1020. The van der Waals surface area contributed by atoms with E-state index in [4.69, 9.17) is 13.9 Å². The third kappa shape index (κ3) is 6.58. The number of oxazole rings is 1. The number of methoxy groups -OCH3 is 2. The van der Waals surface area contributed by atoms with Crippen molar-refractivity contribution in [1.82, 2.24) is 10.3 Å². The molecule has 0 saturated carbocycles. The minimum atomic E-state index is -0.362. The number of aromatic nitrogens is 1. The van der Waals surface area contributed by atoms with Crippen molar-refractivity contribution >= 4 is 23.3 Å². The molecule has 0 aliphatic heterocycles. The molecule has 0 saturated heterocycles. The molecule has 3 amide bonds. The van der Waals surface area contributed by atoms with Crippen LogP contribution in [0.5, 0.6) is 5.75 Å². The molecule has 2 aromatic carbocycles. The molecule has 0 radical (unpaired) electrons. The molecule has 9 nitrogen and oxygen atoms in total. The van der Waals surface area contributed by atoms with Gasteiger partial charge >= 0.3 is 6.03 Å². The molecule has 1 heterocycles. The zero-order chi connectivity index (χ0) is 22.1. The third-order valence-electron chi connectivity index (χ3n) is 4.24. The number of nitrogens with one attached hydrogen (secondary N) is 3. The second-order valence-electron chi connectivity index (χ2n) is 6.57. The largest absolute Gasteiger partial charge is 0.497 e. The highest BCUT2D eigenvalue weighted by atomic mass is 16.5. The fourth-order valence-corrected chi connectivity index (χ4v) is 2.77. The van der Waals surface area contributed by atoms with Crippen LogP contribution in [0.25, 0.3) is 11.5 Å². The molecule has 162 valence electrons. The molecule has 0 unspecified atom stereocenters. The average Bonchev–Trinajstić information content (AvgIpc) is 3.23. The van der Waals surface area contributed by atoms with Gasteiger partial charge in [0.05, 0.1) is 12.8 Å². The predicted octanol–water partition coefficient (Wildman–Crippen LogP) is 3.30. The van der Waals surface area contributed by atoms with Crippen molar-refractivity contribution in [2.24, 2.45) is 0 Å². The van der Waals surface area contributed by atoms with E-state index < -0.39 is 0 Å². The predicted molar refractivity (Wildman–Crippen MR) is 116 cm³/mol. The summed E-state index contributed by atoms with van der Waals surface area (Å²) in [5, 5.41) is 8.18. The van der Waals surface area contributed by atoms with Crippen LogP contribution in [0.1, 0.15) is 5.69 Å². The van der Waals surface area contributed by atoms with Crippen LogP contribution >= 0.6 is 0 Å². The van der Waals surface area contributed by atoms with Crippen LogP contribution < -0.4 is 20.7 Å². The fourth-order valence-electron chi connectivity index (χ4n) is 2.77. The Labute approximate surface area is 179 Å². The lowest BCUT2D eigenvalue weighted by molar-refractivity contribution is -0.119. The standard InChI is InChI=1S/C22H24N4O5/c1-29-14-20(27)24-16-4-3-5-17(12-16)26-22(28)23-11-10-18-13-31-21(25-18)15-6-8-19(30-2)9-7-15/h3-9,12-13H,10-11,14H2,1-2H3,(H,24,27)(H2,23,26,28). The zero-order valence-electron chi connectivity index (χ0n) is 17.3. The Morgan fingerprint density at radius 1 is 1.03 bits per heavy atom. The fraction of sp³-hybridized carbons (Fsp3) is 0.227. The van der Waals surface area contributed by atoms with E-state index in [2.05, 4.69) is 20.9 Å². The first-order valence-electron chi connectivity index (χ1n) is 9.60. The Balaban J connectivity index is 1.46. The molecule has 3 aromatic rings. The number of anilines is 2. The number of hydrogen-bond donors (Lipinski definition) is 3. The lowest BCUT2D eigenvalue weighted by Gasteiger charge is -2.09. The van der Waals surface area contributed by atoms with Gasteiger partial charge in [0.15, 0.2) is 0 Å². The highest BCUT2D eigenvalue weighted by Crippen LogP contribution is 2.21. The Morgan fingerprint density at radius 3 is 2.48 bits per heavy atom. The van der Waals surface area contributed by atoms with Gasteiger partial charge in [0.25, 0.3) is 0 Å². The number of carbonyl (C=O) groups is 2. The number of nitrogens with zero attached hydrogens (tertiary/aromatic N) is 1. The number of urea groups is 1. The number of ether oxygens (including phenoxy) is 2. The third-order valence-corrected chi connectivity index (χ3v) is 4.24. The maximum atomic E-state index is 12.1. The Hall–Kier alpha value is -3.85. The van der Waals surface area contributed by atoms with Gasteiger partial charge in [-0.15, -0.1) is 0 Å². The Morgan fingerprint density at radius 2 is 1.77 bits per heavy atom. The van der Waals surface area contributed by atoms with E-state index >= 15 is 0 Å². The van der Waals surface area contributed by atoms with E-state index in [0.717, 1.165) is 17.0 Å². The van der Waals surface area contributed by atoms with Crippen LogP contribution in [0.15, 0.2) is 59.2 Å². The summed E-state index contributed by atoms with van der Waals surface area (Å²) >= 11 is 0. The topological polar surface area (TPSA) is 115 Å². The summed E-state index contributed by atoms with van der Waals surface area (Å²) in [4.78, 5) is 28.2. The molecule has 0 bridgehead atoms. The first-order chi connectivity index (χ1) is 15.1. The summed E-state index contributed by atoms with van der Waals surface area (Å²) < 4.78 is 15.4. The van der Waals surface area contributed by atoms with E-state index in [9.17, 15) is 9.59 Å². The molecule has 3 rings (SSSR count). The molecular weight excluding hydrogens is 400 g/mol. The molecular formula is C22H24N4O5. The van der Waals surface area contributed by atoms with Crippen LogP contribution in [0, 0.1) is 0 Å². The first-order valence-corrected chi connectivity index (χ1v) is 9.60. The van der Waals surface area contributed by atoms with E-state index in [-0.39, 0.29) is 18.5 Å². The van der Waals surface area contributed by atoms with Gasteiger partial charge in [-0.25, -0.2) is 9.78 Å². The summed E-state index contributed by atoms with van der Waals surface area (Å²) in [6.45, 7) is 0.338. The van der Waals surface area contributed by atoms with Crippen LogP contribution in [-0.4, -0.2) is 44.3 Å². The monoisotopic (exact) mass is 424 g/mol. The minimum Gasteiger partial charge on any atom is -0.497 e. The van der Waals surface area contributed by atoms with E-state index in [1.165, 1.54) is 7.11 Å². The van der Waals surface area contributed by atoms with Crippen LogP contribution in [0.2, 0.25) is 0 Å². The number of hydrogen-bond acceptors (Lipinski definition) is 6. The maximum absolute atomic E-state index is 12.1. The molecule has 0 atom stereocenters. The molecule has 0 aliphatic carbocycles. The number of benzene rings is 2. The number of carbonyl (C=O) groups excluding carboxylic acids is 2. The van der Waals surface area contributed by atoms with Gasteiger partial charge in [0, 0.05) is 37.0 Å². The smallest absolute Gasteiger partial charge is 0.319 e. The minimum absolute atomic E-state index is 0.0413. The van der Waals surface area contributed by atoms with Crippen molar-refractivity contribution < 1.29 is 23.5 Å². The van der Waals surface area contributed by atoms with Crippen LogP contribution in [0.4, 0.5) is 16.2 Å². The van der Waals surface area contributed by atoms with Gasteiger partial charge in [0.2, 0.25) is 11.8 Å². The summed E-state index contributed by atoms with van der Waals surface area (Å²) in [6.07, 6.45) is 2.09.